The molecule has 1 aliphatic rings. The normalized spacial score (nSPS) is 42.6. The molecule has 0 spiro atoms. The Morgan fingerprint density at radius 1 is 1.30 bits per heavy atom. The van der Waals surface area contributed by atoms with Crippen LogP contribution >= 0.6 is 0 Å². The van der Waals surface area contributed by atoms with Gasteiger partial charge in [-0.15, -0.1) is 5.06 Å². The average molecular weight is 151 g/mol. The second-order valence-electron chi connectivity index (χ2n) is 1.96. The third-order valence-electron chi connectivity index (χ3n) is 1.28. The van der Waals surface area contributed by atoms with Gasteiger partial charge in [0.1, 0.15) is 12.8 Å². The van der Waals surface area contributed by atoms with E-state index in [1.54, 1.807) is 0 Å². The van der Waals surface area contributed by atoms with Gasteiger partial charge in [-0.2, -0.15) is 0 Å². The predicted octanol–water partition coefficient (Wildman–Crippen LogP) is -2.82. The van der Waals surface area contributed by atoms with Crippen molar-refractivity contribution in [2.24, 2.45) is 0 Å². The SMILES string of the molecule is OCN1O[C@H](O)[C@H](O)[C@@H]1O. The van der Waals surface area contributed by atoms with Crippen LogP contribution in [0.25, 0.3) is 0 Å². The van der Waals surface area contributed by atoms with Gasteiger partial charge in [0.2, 0.25) is 6.29 Å². The molecule has 1 fully saturated rings. The number of nitrogens with zero attached hydrogens (tertiary/aromatic N) is 1. The molecule has 0 aliphatic carbocycles. The van der Waals surface area contributed by atoms with Crippen LogP contribution in [0.15, 0.2) is 0 Å². The molecular weight excluding hydrogens is 142 g/mol. The summed E-state index contributed by atoms with van der Waals surface area (Å²) in [5.74, 6) is 0. The first kappa shape index (κ1) is 7.86. The Labute approximate surface area is 56.8 Å². The van der Waals surface area contributed by atoms with Gasteiger partial charge in [0, 0.05) is 0 Å². The monoisotopic (exact) mass is 151 g/mol. The molecule has 4 N–H and O–H groups in total. The van der Waals surface area contributed by atoms with Gasteiger partial charge >= 0.3 is 0 Å². The van der Waals surface area contributed by atoms with Gasteiger partial charge in [0.25, 0.3) is 0 Å². The standard InChI is InChI=1S/C4H9NO5/c6-1-5-3(8)2(7)4(9)10-5/h2-4,6-9H,1H2/t2-,3+,4+/m1/s1. The lowest BCUT2D eigenvalue weighted by Gasteiger charge is -2.13. The van der Waals surface area contributed by atoms with E-state index in [1.165, 1.54) is 0 Å². The fraction of sp³-hybridized carbons (Fsp3) is 1.00. The molecule has 0 aromatic carbocycles. The van der Waals surface area contributed by atoms with Gasteiger partial charge in [-0.05, 0) is 0 Å². The Morgan fingerprint density at radius 2 is 1.90 bits per heavy atom. The van der Waals surface area contributed by atoms with Crippen molar-refractivity contribution in [1.29, 1.82) is 0 Å². The van der Waals surface area contributed by atoms with E-state index in [0.717, 1.165) is 0 Å². The number of hydrogen-bond acceptors (Lipinski definition) is 6. The topological polar surface area (TPSA) is 93.4 Å². The molecule has 0 aromatic heterocycles. The molecule has 1 rings (SSSR count). The number of aliphatic hydroxyl groups excluding tert-OH is 4. The van der Waals surface area contributed by atoms with Crippen LogP contribution in [-0.2, 0) is 4.84 Å². The summed E-state index contributed by atoms with van der Waals surface area (Å²) in [6.45, 7) is -0.574. The minimum atomic E-state index is -1.46. The summed E-state index contributed by atoms with van der Waals surface area (Å²) in [5, 5.41) is 35.4. The smallest absolute Gasteiger partial charge is 0.205 e. The fourth-order valence-electron chi connectivity index (χ4n) is 0.698. The van der Waals surface area contributed by atoms with E-state index in [1.807, 2.05) is 0 Å². The highest BCUT2D eigenvalue weighted by Gasteiger charge is 2.39. The van der Waals surface area contributed by atoms with Crippen molar-refractivity contribution in [1.82, 2.24) is 5.06 Å². The Bertz CT molecular complexity index is 120. The minimum absolute atomic E-state index is 0.574. The number of hydroxylamine groups is 2. The lowest BCUT2D eigenvalue weighted by molar-refractivity contribution is -0.267. The summed E-state index contributed by atoms with van der Waals surface area (Å²) in [6, 6.07) is 0. The van der Waals surface area contributed by atoms with Crippen molar-refractivity contribution in [3.8, 4) is 0 Å². The van der Waals surface area contributed by atoms with Crippen molar-refractivity contribution in [2.75, 3.05) is 6.73 Å². The molecule has 6 heteroatoms. The number of rotatable bonds is 1. The summed E-state index contributed by atoms with van der Waals surface area (Å²) in [6.07, 6.45) is -4.20. The Morgan fingerprint density at radius 3 is 2.10 bits per heavy atom. The maximum Gasteiger partial charge on any atom is 0.205 e. The van der Waals surface area contributed by atoms with Crippen molar-refractivity contribution in [3.05, 3.63) is 0 Å². The summed E-state index contributed by atoms with van der Waals surface area (Å²) < 4.78 is 0. The maximum absolute atomic E-state index is 8.86. The third-order valence-corrected chi connectivity index (χ3v) is 1.28. The van der Waals surface area contributed by atoms with Crippen LogP contribution in [0.1, 0.15) is 0 Å². The van der Waals surface area contributed by atoms with E-state index in [2.05, 4.69) is 4.84 Å². The van der Waals surface area contributed by atoms with Crippen molar-refractivity contribution >= 4 is 0 Å². The van der Waals surface area contributed by atoms with E-state index < -0.39 is 25.4 Å². The maximum atomic E-state index is 8.86. The summed E-state index contributed by atoms with van der Waals surface area (Å²) in [5.41, 5.74) is 0. The van der Waals surface area contributed by atoms with Crippen molar-refractivity contribution in [3.63, 3.8) is 0 Å². The zero-order chi connectivity index (χ0) is 7.72. The number of aliphatic hydroxyl groups is 4. The molecule has 6 nitrogen and oxygen atoms in total. The van der Waals surface area contributed by atoms with Crippen LogP contribution in [0.5, 0.6) is 0 Å². The highest BCUT2D eigenvalue weighted by molar-refractivity contribution is 4.71. The molecule has 0 saturated carbocycles. The van der Waals surface area contributed by atoms with E-state index >= 15 is 0 Å². The molecule has 0 bridgehead atoms. The first-order valence-electron chi connectivity index (χ1n) is 2.75. The van der Waals surface area contributed by atoms with E-state index in [9.17, 15) is 0 Å². The number of hydrogen-bond donors (Lipinski definition) is 4. The van der Waals surface area contributed by atoms with E-state index in [-0.39, 0.29) is 0 Å². The second-order valence-corrected chi connectivity index (χ2v) is 1.96. The van der Waals surface area contributed by atoms with Gasteiger partial charge in [-0.1, -0.05) is 0 Å². The zero-order valence-electron chi connectivity index (χ0n) is 5.08. The van der Waals surface area contributed by atoms with Crippen molar-refractivity contribution in [2.45, 2.75) is 18.6 Å². The van der Waals surface area contributed by atoms with Gasteiger partial charge in [0.05, 0.1) is 0 Å². The molecule has 1 aliphatic heterocycles. The van der Waals surface area contributed by atoms with Crippen LogP contribution in [0.3, 0.4) is 0 Å². The molecule has 0 radical (unpaired) electrons. The van der Waals surface area contributed by atoms with E-state index in [0.29, 0.717) is 5.06 Å². The predicted molar refractivity (Wildman–Crippen MR) is 28.0 cm³/mol. The first-order chi connectivity index (χ1) is 4.66. The van der Waals surface area contributed by atoms with Crippen LogP contribution in [0.4, 0.5) is 0 Å². The molecular formula is C4H9NO5. The third kappa shape index (κ3) is 1.12. The van der Waals surface area contributed by atoms with Crippen LogP contribution < -0.4 is 0 Å². The van der Waals surface area contributed by atoms with Crippen LogP contribution in [0.2, 0.25) is 0 Å². The Kier molecular flexibility index (Phi) is 2.19. The molecule has 1 heterocycles. The zero-order valence-corrected chi connectivity index (χ0v) is 5.08. The van der Waals surface area contributed by atoms with Gasteiger partial charge in [-0.3, -0.25) is 4.84 Å². The second kappa shape index (κ2) is 2.79. The summed E-state index contributed by atoms with van der Waals surface area (Å²) in [7, 11) is 0. The quantitative estimate of drug-likeness (QED) is 0.323. The average Bonchev–Trinajstić information content (AvgIpc) is 2.17. The van der Waals surface area contributed by atoms with Gasteiger partial charge < -0.3 is 20.4 Å². The molecule has 0 unspecified atom stereocenters. The summed E-state index contributed by atoms with van der Waals surface area (Å²) >= 11 is 0. The largest absolute Gasteiger partial charge is 0.383 e. The van der Waals surface area contributed by atoms with Gasteiger partial charge in [0.15, 0.2) is 6.23 Å². The fourth-order valence-corrected chi connectivity index (χ4v) is 0.698. The van der Waals surface area contributed by atoms with Crippen LogP contribution in [-0.4, -0.2) is 50.8 Å². The first-order valence-corrected chi connectivity index (χ1v) is 2.75. The highest BCUT2D eigenvalue weighted by Crippen LogP contribution is 2.16. The van der Waals surface area contributed by atoms with Gasteiger partial charge in [-0.25, -0.2) is 0 Å². The molecule has 0 amide bonds. The minimum Gasteiger partial charge on any atom is -0.383 e. The highest BCUT2D eigenvalue weighted by atomic mass is 16.8. The Hall–Kier alpha value is -0.240. The molecule has 3 atom stereocenters. The molecule has 60 valence electrons. The lowest BCUT2D eigenvalue weighted by Crippen LogP contribution is -2.35. The summed E-state index contributed by atoms with van der Waals surface area (Å²) in [4.78, 5) is 4.37. The molecule has 0 aromatic rings. The Balaban J connectivity index is 2.53. The molecule has 10 heavy (non-hydrogen) atoms. The van der Waals surface area contributed by atoms with Crippen molar-refractivity contribution < 1.29 is 25.3 Å². The molecule has 1 saturated heterocycles. The van der Waals surface area contributed by atoms with E-state index in [4.69, 9.17) is 20.4 Å². The lowest BCUT2D eigenvalue weighted by atomic mass is 10.3. The van der Waals surface area contributed by atoms with Crippen LogP contribution in [0, 0.1) is 0 Å².